The van der Waals surface area contributed by atoms with Gasteiger partial charge in [-0.1, -0.05) is 13.8 Å². The second kappa shape index (κ2) is 6.02. The highest BCUT2D eigenvalue weighted by atomic mass is 16.3. The van der Waals surface area contributed by atoms with Gasteiger partial charge in [0.25, 0.3) is 0 Å². The van der Waals surface area contributed by atoms with Crippen molar-refractivity contribution in [3.63, 3.8) is 0 Å². The number of amides is 1. The van der Waals surface area contributed by atoms with Crippen LogP contribution in [0, 0.1) is 5.92 Å². The van der Waals surface area contributed by atoms with E-state index in [0.29, 0.717) is 18.4 Å². The minimum absolute atomic E-state index is 0.0196. The molecule has 2 atom stereocenters. The standard InChI is InChI=1S/C14H26N2O2/c1-10(2)13(7-9-17)16-8-3-4-12(14(16)18)15-11-5-6-11/h10-13,15,17H,3-9H2,1-2H3. The second-order valence-electron chi connectivity index (χ2n) is 5.99. The van der Waals surface area contributed by atoms with Crippen LogP contribution in [-0.4, -0.2) is 47.2 Å². The van der Waals surface area contributed by atoms with E-state index >= 15 is 0 Å². The van der Waals surface area contributed by atoms with E-state index in [1.54, 1.807) is 0 Å². The smallest absolute Gasteiger partial charge is 0.239 e. The van der Waals surface area contributed by atoms with Gasteiger partial charge in [-0.25, -0.2) is 0 Å². The summed E-state index contributed by atoms with van der Waals surface area (Å²) in [5.74, 6) is 0.654. The Bertz CT molecular complexity index is 290. The average Bonchev–Trinajstić information content (AvgIpc) is 3.13. The van der Waals surface area contributed by atoms with Crippen molar-refractivity contribution in [2.45, 2.75) is 64.1 Å². The number of carbonyl (C=O) groups excluding carboxylic acids is 1. The predicted molar refractivity (Wildman–Crippen MR) is 71.2 cm³/mol. The maximum absolute atomic E-state index is 12.5. The number of likely N-dealkylation sites (tertiary alicyclic amines) is 1. The van der Waals surface area contributed by atoms with Gasteiger partial charge in [0, 0.05) is 25.2 Å². The number of aliphatic hydroxyl groups is 1. The van der Waals surface area contributed by atoms with Crippen molar-refractivity contribution in [1.29, 1.82) is 0 Å². The molecule has 1 aliphatic carbocycles. The molecule has 2 aliphatic rings. The van der Waals surface area contributed by atoms with E-state index in [1.807, 2.05) is 4.90 Å². The van der Waals surface area contributed by atoms with Crippen molar-refractivity contribution in [3.05, 3.63) is 0 Å². The molecule has 0 aromatic rings. The Balaban J connectivity index is 1.98. The van der Waals surface area contributed by atoms with Crippen molar-refractivity contribution >= 4 is 5.91 Å². The molecule has 104 valence electrons. The Hall–Kier alpha value is -0.610. The van der Waals surface area contributed by atoms with E-state index in [1.165, 1.54) is 12.8 Å². The summed E-state index contributed by atoms with van der Waals surface area (Å²) in [5, 5.41) is 12.6. The Kier molecular flexibility index (Phi) is 4.62. The molecule has 0 aromatic carbocycles. The summed E-state index contributed by atoms with van der Waals surface area (Å²) in [7, 11) is 0. The monoisotopic (exact) mass is 254 g/mol. The minimum Gasteiger partial charge on any atom is -0.396 e. The molecule has 1 saturated carbocycles. The van der Waals surface area contributed by atoms with E-state index < -0.39 is 0 Å². The van der Waals surface area contributed by atoms with Crippen LogP contribution in [0.4, 0.5) is 0 Å². The molecule has 0 aromatic heterocycles. The first-order chi connectivity index (χ1) is 8.63. The number of hydrogen-bond donors (Lipinski definition) is 2. The molecule has 0 spiro atoms. The number of carbonyl (C=O) groups is 1. The zero-order valence-corrected chi connectivity index (χ0v) is 11.6. The van der Waals surface area contributed by atoms with Crippen LogP contribution in [0.25, 0.3) is 0 Å². The maximum atomic E-state index is 12.5. The molecule has 0 radical (unpaired) electrons. The molecule has 2 N–H and O–H groups in total. The molecular formula is C14H26N2O2. The maximum Gasteiger partial charge on any atom is 0.239 e. The third kappa shape index (κ3) is 3.23. The minimum atomic E-state index is 0.0196. The van der Waals surface area contributed by atoms with Crippen LogP contribution in [0.3, 0.4) is 0 Å². The molecule has 2 unspecified atom stereocenters. The number of rotatable bonds is 6. The summed E-state index contributed by atoms with van der Waals surface area (Å²) in [6.45, 7) is 5.27. The van der Waals surface area contributed by atoms with Gasteiger partial charge in [0.1, 0.15) is 0 Å². The van der Waals surface area contributed by atoms with Crippen LogP contribution in [0.2, 0.25) is 0 Å². The van der Waals surface area contributed by atoms with Gasteiger partial charge in [0.05, 0.1) is 6.04 Å². The SMILES string of the molecule is CC(C)C(CCO)N1CCCC(NC2CC2)C1=O. The number of nitrogens with zero attached hydrogens (tertiary/aromatic N) is 1. The highest BCUT2D eigenvalue weighted by molar-refractivity contribution is 5.83. The molecule has 2 fully saturated rings. The summed E-state index contributed by atoms with van der Waals surface area (Å²) < 4.78 is 0. The molecule has 1 aliphatic heterocycles. The molecule has 4 heteroatoms. The lowest BCUT2D eigenvalue weighted by molar-refractivity contribution is -0.140. The number of aliphatic hydroxyl groups excluding tert-OH is 1. The van der Waals surface area contributed by atoms with Gasteiger partial charge in [-0.15, -0.1) is 0 Å². The van der Waals surface area contributed by atoms with Gasteiger partial charge < -0.3 is 15.3 Å². The fraction of sp³-hybridized carbons (Fsp3) is 0.929. The number of hydrogen-bond acceptors (Lipinski definition) is 3. The molecule has 1 saturated heterocycles. The Morgan fingerprint density at radius 3 is 2.67 bits per heavy atom. The van der Waals surface area contributed by atoms with E-state index in [4.69, 9.17) is 0 Å². The molecule has 1 heterocycles. The number of piperidine rings is 1. The second-order valence-corrected chi connectivity index (χ2v) is 5.99. The van der Waals surface area contributed by atoms with Crippen LogP contribution in [0.5, 0.6) is 0 Å². The zero-order chi connectivity index (χ0) is 13.1. The molecule has 2 rings (SSSR count). The quantitative estimate of drug-likeness (QED) is 0.747. The summed E-state index contributed by atoms with van der Waals surface area (Å²) in [6, 6.07) is 0.784. The molecule has 4 nitrogen and oxygen atoms in total. The van der Waals surface area contributed by atoms with E-state index in [0.717, 1.165) is 19.4 Å². The van der Waals surface area contributed by atoms with Crippen LogP contribution < -0.4 is 5.32 Å². The normalized spacial score (nSPS) is 26.8. The average molecular weight is 254 g/mol. The molecule has 1 amide bonds. The van der Waals surface area contributed by atoms with Gasteiger partial charge in [0.2, 0.25) is 5.91 Å². The highest BCUT2D eigenvalue weighted by Crippen LogP contribution is 2.25. The first kappa shape index (κ1) is 13.8. The zero-order valence-electron chi connectivity index (χ0n) is 11.6. The summed E-state index contributed by atoms with van der Waals surface area (Å²) in [5.41, 5.74) is 0. The van der Waals surface area contributed by atoms with Gasteiger partial charge in [-0.3, -0.25) is 4.79 Å². The lowest BCUT2D eigenvalue weighted by Crippen LogP contribution is -2.56. The molecule has 0 bridgehead atoms. The fourth-order valence-electron chi connectivity index (χ4n) is 2.90. The molecular weight excluding hydrogens is 228 g/mol. The third-order valence-corrected chi connectivity index (χ3v) is 4.08. The third-order valence-electron chi connectivity index (χ3n) is 4.08. The van der Waals surface area contributed by atoms with E-state index in [9.17, 15) is 9.90 Å². The predicted octanol–water partition coefficient (Wildman–Crippen LogP) is 1.14. The van der Waals surface area contributed by atoms with Crippen molar-refractivity contribution < 1.29 is 9.90 Å². The van der Waals surface area contributed by atoms with Crippen molar-refractivity contribution in [1.82, 2.24) is 10.2 Å². The summed E-state index contributed by atoms with van der Waals surface area (Å²) in [4.78, 5) is 14.5. The van der Waals surface area contributed by atoms with Gasteiger partial charge in [-0.05, 0) is 38.0 Å². The van der Waals surface area contributed by atoms with E-state index in [2.05, 4.69) is 19.2 Å². The summed E-state index contributed by atoms with van der Waals surface area (Å²) >= 11 is 0. The van der Waals surface area contributed by atoms with Crippen molar-refractivity contribution in [2.75, 3.05) is 13.2 Å². The lowest BCUT2D eigenvalue weighted by atomic mass is 9.94. The first-order valence-electron chi connectivity index (χ1n) is 7.31. The Morgan fingerprint density at radius 2 is 2.11 bits per heavy atom. The summed E-state index contributed by atoms with van der Waals surface area (Å²) in [6.07, 6.45) is 5.17. The van der Waals surface area contributed by atoms with E-state index in [-0.39, 0.29) is 24.6 Å². The van der Waals surface area contributed by atoms with Gasteiger partial charge >= 0.3 is 0 Å². The van der Waals surface area contributed by atoms with Gasteiger partial charge in [0.15, 0.2) is 0 Å². The highest BCUT2D eigenvalue weighted by Gasteiger charge is 2.36. The largest absolute Gasteiger partial charge is 0.396 e. The van der Waals surface area contributed by atoms with Crippen molar-refractivity contribution in [2.24, 2.45) is 5.92 Å². The Morgan fingerprint density at radius 1 is 1.39 bits per heavy atom. The van der Waals surface area contributed by atoms with Crippen molar-refractivity contribution in [3.8, 4) is 0 Å². The van der Waals surface area contributed by atoms with Crippen LogP contribution in [0.1, 0.15) is 46.0 Å². The Labute approximate surface area is 110 Å². The molecule has 18 heavy (non-hydrogen) atoms. The first-order valence-corrected chi connectivity index (χ1v) is 7.31. The lowest BCUT2D eigenvalue weighted by Gasteiger charge is -2.40. The van der Waals surface area contributed by atoms with Gasteiger partial charge in [-0.2, -0.15) is 0 Å². The van der Waals surface area contributed by atoms with Crippen LogP contribution in [-0.2, 0) is 4.79 Å². The number of nitrogens with one attached hydrogen (secondary N) is 1. The van der Waals surface area contributed by atoms with Crippen LogP contribution in [0.15, 0.2) is 0 Å². The fourth-order valence-corrected chi connectivity index (χ4v) is 2.90. The topological polar surface area (TPSA) is 52.6 Å². The van der Waals surface area contributed by atoms with Crippen LogP contribution >= 0.6 is 0 Å².